The van der Waals surface area contributed by atoms with Crippen LogP contribution in [0.15, 0.2) is 34.7 Å². The minimum atomic E-state index is -4.71. The monoisotopic (exact) mass is 364 g/mol. The van der Waals surface area contributed by atoms with Gasteiger partial charge in [0.25, 0.3) is 5.91 Å². The van der Waals surface area contributed by atoms with Crippen molar-refractivity contribution in [3.8, 4) is 0 Å². The van der Waals surface area contributed by atoms with Crippen molar-refractivity contribution in [1.82, 2.24) is 0 Å². The number of ether oxygens (including phenoxy) is 1. The number of nitrogens with zero attached hydrogens (tertiary/aromatic N) is 1. The molecule has 0 unspecified atom stereocenters. The molecule has 0 bridgehead atoms. The molecule has 1 aromatic carbocycles. The van der Waals surface area contributed by atoms with Crippen molar-refractivity contribution in [3.63, 3.8) is 0 Å². The lowest BCUT2D eigenvalue weighted by Gasteiger charge is -2.35. The number of carbonyl (C=O) groups is 1. The third kappa shape index (κ3) is 3.62. The van der Waals surface area contributed by atoms with Crippen LogP contribution in [0.2, 0.25) is 0 Å². The first kappa shape index (κ1) is 18.9. The van der Waals surface area contributed by atoms with Gasteiger partial charge in [-0.2, -0.15) is 17.5 Å². The number of rotatable bonds is 5. The van der Waals surface area contributed by atoms with E-state index in [0.29, 0.717) is 0 Å². The van der Waals surface area contributed by atoms with Gasteiger partial charge in [0, 0.05) is 25.0 Å². The normalized spacial score (nSPS) is 27.4. The molecule has 2 N–H and O–H groups in total. The van der Waals surface area contributed by atoms with Crippen molar-refractivity contribution in [2.45, 2.75) is 30.7 Å². The van der Waals surface area contributed by atoms with E-state index < -0.39 is 45.6 Å². The van der Waals surface area contributed by atoms with E-state index in [1.165, 1.54) is 24.3 Å². The quantitative estimate of drug-likeness (QED) is 0.868. The Bertz CT molecular complexity index is 714. The van der Waals surface area contributed by atoms with E-state index in [1.54, 1.807) is 6.07 Å². The van der Waals surface area contributed by atoms with E-state index in [-0.39, 0.29) is 17.7 Å². The average molecular weight is 364 g/mol. The number of alkyl halides is 3. The molecule has 0 aromatic heterocycles. The molecule has 0 fully saturated rings. The number of nitrogens with two attached hydrogens (primary N) is 1. The molecule has 1 amide bonds. The van der Waals surface area contributed by atoms with Crippen molar-refractivity contribution >= 4 is 15.6 Å². The molecule has 0 spiro atoms. The summed E-state index contributed by atoms with van der Waals surface area (Å²) in [5, 5.41) is 0. The Morgan fingerprint density at radius 1 is 1.33 bits per heavy atom. The molecular formula is C15H19F3N2O3S. The van der Waals surface area contributed by atoms with E-state index in [2.05, 4.69) is 4.36 Å². The van der Waals surface area contributed by atoms with E-state index in [1.807, 2.05) is 0 Å². The zero-order valence-electron chi connectivity index (χ0n) is 13.1. The molecule has 0 saturated carbocycles. The number of amides is 1. The molecule has 0 aliphatic carbocycles. The van der Waals surface area contributed by atoms with Crippen molar-refractivity contribution < 1.29 is 26.9 Å². The highest BCUT2D eigenvalue weighted by Gasteiger charge is 2.56. The first-order chi connectivity index (χ1) is 11.1. The largest absolute Gasteiger partial charge is 0.421 e. The van der Waals surface area contributed by atoms with E-state index in [0.717, 1.165) is 7.11 Å². The number of methoxy groups -OCH3 is 1. The van der Waals surface area contributed by atoms with Crippen LogP contribution in [0, 0.1) is 0 Å². The molecule has 134 valence electrons. The van der Waals surface area contributed by atoms with E-state index in [9.17, 15) is 22.2 Å². The summed E-state index contributed by atoms with van der Waals surface area (Å²) in [4.78, 5) is 11.5. The average Bonchev–Trinajstić information content (AvgIpc) is 2.52. The number of carbonyl (C=O) groups excluding carboxylic acids is 1. The van der Waals surface area contributed by atoms with Crippen LogP contribution >= 0.6 is 0 Å². The van der Waals surface area contributed by atoms with Gasteiger partial charge in [-0.1, -0.05) is 30.3 Å². The first-order valence-electron chi connectivity index (χ1n) is 7.33. The standard InChI is InChI=1S/C15H19F3N2O3S/c1-23-14(15(16,17)18,11-5-3-2-4-6-11)8-10-24(22)9-7-12(19)13(21)20-24/h2-6,12H,7-10,19H2,1H3/t12-,14-,24+/m0/s1. The summed E-state index contributed by atoms with van der Waals surface area (Å²) in [6.07, 6.45) is -5.16. The predicted octanol–water partition coefficient (Wildman–Crippen LogP) is 2.21. The van der Waals surface area contributed by atoms with Crippen molar-refractivity contribution in [1.29, 1.82) is 0 Å². The van der Waals surface area contributed by atoms with Gasteiger partial charge in [-0.05, 0) is 12.0 Å². The van der Waals surface area contributed by atoms with Crippen LogP contribution in [0.3, 0.4) is 0 Å². The second-order valence-corrected chi connectivity index (χ2v) is 8.19. The first-order valence-corrected chi connectivity index (χ1v) is 9.18. The predicted molar refractivity (Wildman–Crippen MR) is 83.7 cm³/mol. The number of halogens is 3. The zero-order valence-corrected chi connectivity index (χ0v) is 13.9. The van der Waals surface area contributed by atoms with Crippen molar-refractivity contribution in [2.75, 3.05) is 18.6 Å². The summed E-state index contributed by atoms with van der Waals surface area (Å²) in [6, 6.07) is 6.33. The van der Waals surface area contributed by atoms with E-state index >= 15 is 0 Å². The van der Waals surface area contributed by atoms with Crippen LogP contribution in [0.5, 0.6) is 0 Å². The lowest BCUT2D eigenvalue weighted by Crippen LogP contribution is -2.46. The molecule has 1 aromatic rings. The third-order valence-electron chi connectivity index (χ3n) is 4.14. The van der Waals surface area contributed by atoms with Crippen LogP contribution in [-0.4, -0.2) is 40.9 Å². The Morgan fingerprint density at radius 3 is 2.46 bits per heavy atom. The maximum absolute atomic E-state index is 13.7. The van der Waals surface area contributed by atoms with Gasteiger partial charge in [0.15, 0.2) is 5.60 Å². The van der Waals surface area contributed by atoms with Crippen LogP contribution in [0.1, 0.15) is 18.4 Å². The lowest BCUT2D eigenvalue weighted by atomic mass is 9.90. The Hall–Kier alpha value is -1.45. The fraction of sp³-hybridized carbons (Fsp3) is 0.533. The molecule has 1 heterocycles. The Kier molecular flexibility index (Phi) is 5.36. The van der Waals surface area contributed by atoms with Gasteiger partial charge < -0.3 is 10.5 Å². The van der Waals surface area contributed by atoms with Gasteiger partial charge in [0.1, 0.15) is 0 Å². The summed E-state index contributed by atoms with van der Waals surface area (Å²) in [5.41, 5.74) is 2.81. The third-order valence-corrected chi connectivity index (χ3v) is 6.37. The molecule has 3 atom stereocenters. The highest BCUT2D eigenvalue weighted by Crippen LogP contribution is 2.44. The van der Waals surface area contributed by atoms with Crippen LogP contribution < -0.4 is 5.73 Å². The zero-order chi connectivity index (χ0) is 18.0. The highest BCUT2D eigenvalue weighted by molar-refractivity contribution is 7.93. The molecular weight excluding hydrogens is 345 g/mol. The highest BCUT2D eigenvalue weighted by atomic mass is 32.2. The second-order valence-electron chi connectivity index (χ2n) is 5.65. The van der Waals surface area contributed by atoms with Gasteiger partial charge in [0.05, 0.1) is 15.8 Å². The van der Waals surface area contributed by atoms with Gasteiger partial charge >= 0.3 is 6.18 Å². The summed E-state index contributed by atoms with van der Waals surface area (Å²) in [6.45, 7) is 0. The molecule has 24 heavy (non-hydrogen) atoms. The lowest BCUT2D eigenvalue weighted by molar-refractivity contribution is -0.277. The SMILES string of the molecule is CO[C@@](CC[S@@]1(=O)=NC(=O)[C@@H](N)CC1)(c1ccccc1)C(F)(F)F. The maximum Gasteiger partial charge on any atom is 0.421 e. The molecule has 1 aliphatic heterocycles. The molecule has 9 heteroatoms. The minimum absolute atomic E-state index is 0.00630. The fourth-order valence-corrected chi connectivity index (χ4v) is 4.73. The Labute approximate surface area is 138 Å². The molecule has 0 radical (unpaired) electrons. The molecule has 0 saturated heterocycles. The molecule has 1 aliphatic rings. The van der Waals surface area contributed by atoms with Crippen LogP contribution in [-0.2, 0) is 24.9 Å². The fourth-order valence-electron chi connectivity index (χ4n) is 2.66. The van der Waals surface area contributed by atoms with E-state index in [4.69, 9.17) is 10.5 Å². The summed E-state index contributed by atoms with van der Waals surface area (Å²) in [5.74, 6) is -1.11. The van der Waals surface area contributed by atoms with Gasteiger partial charge in [-0.3, -0.25) is 4.79 Å². The van der Waals surface area contributed by atoms with Gasteiger partial charge in [-0.25, -0.2) is 4.21 Å². The Balaban J connectivity index is 2.36. The molecule has 5 nitrogen and oxygen atoms in total. The van der Waals surface area contributed by atoms with Crippen LogP contribution in [0.4, 0.5) is 13.2 Å². The topological polar surface area (TPSA) is 81.8 Å². The summed E-state index contributed by atoms with van der Waals surface area (Å²) in [7, 11) is -2.10. The molecule has 2 rings (SSSR count). The van der Waals surface area contributed by atoms with Crippen LogP contribution in [0.25, 0.3) is 0 Å². The second kappa shape index (κ2) is 6.81. The number of hydrogen-bond acceptors (Lipinski definition) is 4. The maximum atomic E-state index is 13.7. The number of benzene rings is 1. The van der Waals surface area contributed by atoms with Gasteiger partial charge in [0.2, 0.25) is 0 Å². The van der Waals surface area contributed by atoms with Crippen molar-refractivity contribution in [3.05, 3.63) is 35.9 Å². The Morgan fingerprint density at radius 2 is 1.96 bits per heavy atom. The summed E-state index contributed by atoms with van der Waals surface area (Å²) >= 11 is 0. The smallest absolute Gasteiger partial charge is 0.364 e. The number of hydrogen-bond donors (Lipinski definition) is 1. The van der Waals surface area contributed by atoms with Crippen molar-refractivity contribution in [2.24, 2.45) is 10.1 Å². The minimum Gasteiger partial charge on any atom is -0.364 e. The van der Waals surface area contributed by atoms with Gasteiger partial charge in [-0.15, -0.1) is 0 Å². The summed E-state index contributed by atoms with van der Waals surface area (Å²) < 4.78 is 62.3.